The van der Waals surface area contributed by atoms with Crippen LogP contribution in [0.25, 0.3) is 10.8 Å². The van der Waals surface area contributed by atoms with Gasteiger partial charge in [0.15, 0.2) is 6.29 Å². The molecule has 0 spiro atoms. The van der Waals surface area contributed by atoms with Gasteiger partial charge in [0.2, 0.25) is 15.0 Å². The van der Waals surface area contributed by atoms with Crippen LogP contribution in [0.4, 0.5) is 0 Å². The molecule has 2 heterocycles. The number of nitrogens with one attached hydrogen (secondary N) is 4. The molecule has 4 rings (SSSR count). The summed E-state index contributed by atoms with van der Waals surface area (Å²) in [5, 5.41) is 28.3. The SMILES string of the molecule is O=C(NC[C@H](NS(=O)(=O)c1cccc2ccccc12)C(=O)O)c1nnc(CCCCNC2N=CCN2)s1. The Morgan fingerprint density at radius 2 is 1.95 bits per heavy atom. The number of carbonyl (C=O) groups excluding carboxylic acids is 1. The zero-order valence-electron chi connectivity index (χ0n) is 19.8. The molecule has 0 saturated heterocycles. The van der Waals surface area contributed by atoms with Gasteiger partial charge < -0.3 is 10.4 Å². The van der Waals surface area contributed by atoms with Crippen molar-refractivity contribution < 1.29 is 23.1 Å². The van der Waals surface area contributed by atoms with Crippen molar-refractivity contribution in [3.63, 3.8) is 0 Å². The molecule has 1 aliphatic rings. The number of nitrogens with zero attached hydrogens (tertiary/aromatic N) is 3. The quantitative estimate of drug-likeness (QED) is 0.194. The average molecular weight is 546 g/mol. The molecular formula is C23H27N7O5S2. The number of carboxylic acids is 1. The average Bonchev–Trinajstić information content (AvgIpc) is 3.58. The van der Waals surface area contributed by atoms with Gasteiger partial charge in [-0.15, -0.1) is 10.2 Å². The lowest BCUT2D eigenvalue weighted by atomic mass is 10.1. The van der Waals surface area contributed by atoms with Crippen LogP contribution in [-0.2, 0) is 21.2 Å². The standard InChI is InChI=1S/C23H27N7O5S2/c31-20(21-29-28-19(36-21)10-3-4-11-24-23-25-12-13-26-23)27-14-17(22(32)33)30-37(34,35)18-9-5-7-15-6-1-2-8-16(15)18/h1-2,5-9,12,17,23-24,26,30H,3-4,10-11,13-14H2,(H,27,31)(H,32,33)/t17-,23?/m0/s1. The Labute approximate surface area is 217 Å². The van der Waals surface area contributed by atoms with Crippen molar-refractivity contribution in [2.75, 3.05) is 19.6 Å². The third-order valence-electron chi connectivity index (χ3n) is 5.57. The summed E-state index contributed by atoms with van der Waals surface area (Å²) < 4.78 is 28.1. The summed E-state index contributed by atoms with van der Waals surface area (Å²) in [7, 11) is -4.18. The highest BCUT2D eigenvalue weighted by Gasteiger charge is 2.27. The van der Waals surface area contributed by atoms with Crippen LogP contribution >= 0.6 is 11.3 Å². The Kier molecular flexibility index (Phi) is 8.89. The van der Waals surface area contributed by atoms with Crippen molar-refractivity contribution in [2.24, 2.45) is 4.99 Å². The van der Waals surface area contributed by atoms with Crippen LogP contribution in [0.5, 0.6) is 0 Å². The minimum absolute atomic E-state index is 0.0389. The summed E-state index contributed by atoms with van der Waals surface area (Å²) >= 11 is 1.12. The Balaban J connectivity index is 1.29. The minimum Gasteiger partial charge on any atom is -0.480 e. The highest BCUT2D eigenvalue weighted by Crippen LogP contribution is 2.22. The second kappa shape index (κ2) is 12.3. The number of rotatable bonds is 13. The predicted octanol–water partition coefficient (Wildman–Crippen LogP) is 0.723. The minimum atomic E-state index is -4.18. The molecule has 0 fully saturated rings. The topological polar surface area (TPSA) is 175 Å². The lowest BCUT2D eigenvalue weighted by molar-refractivity contribution is -0.138. The fourth-order valence-electron chi connectivity index (χ4n) is 3.72. The Bertz CT molecular complexity index is 1390. The fourth-order valence-corrected chi connectivity index (χ4v) is 5.93. The number of sulfonamides is 1. The van der Waals surface area contributed by atoms with Crippen LogP contribution in [0, 0.1) is 0 Å². The molecule has 12 nitrogen and oxygen atoms in total. The molecule has 1 unspecified atom stereocenters. The highest BCUT2D eigenvalue weighted by molar-refractivity contribution is 7.89. The van der Waals surface area contributed by atoms with E-state index in [1.54, 1.807) is 36.4 Å². The van der Waals surface area contributed by atoms with Gasteiger partial charge in [-0.25, -0.2) is 8.42 Å². The van der Waals surface area contributed by atoms with E-state index in [9.17, 15) is 23.1 Å². The third kappa shape index (κ3) is 7.14. The number of unbranched alkanes of at least 4 members (excludes halogenated alkanes) is 1. The highest BCUT2D eigenvalue weighted by atomic mass is 32.2. The number of aliphatic imine (C=N–C) groups is 1. The van der Waals surface area contributed by atoms with Gasteiger partial charge in [-0.3, -0.25) is 25.2 Å². The first-order valence-electron chi connectivity index (χ1n) is 11.7. The number of fused-ring (bicyclic) bond motifs is 1. The van der Waals surface area contributed by atoms with Gasteiger partial charge in [0, 0.05) is 31.1 Å². The number of carboxylic acid groups (broad SMARTS) is 1. The maximum atomic E-state index is 13.0. The lowest BCUT2D eigenvalue weighted by Crippen LogP contribution is -2.48. The van der Waals surface area contributed by atoms with Gasteiger partial charge in [0.1, 0.15) is 11.0 Å². The molecule has 14 heteroatoms. The van der Waals surface area contributed by atoms with Gasteiger partial charge in [0.05, 0.1) is 4.90 Å². The molecule has 5 N–H and O–H groups in total. The first-order chi connectivity index (χ1) is 17.8. The summed E-state index contributed by atoms with van der Waals surface area (Å²) in [6.07, 6.45) is 4.17. The van der Waals surface area contributed by atoms with Crippen LogP contribution in [0.1, 0.15) is 27.7 Å². The van der Waals surface area contributed by atoms with Gasteiger partial charge in [-0.2, -0.15) is 4.72 Å². The molecule has 37 heavy (non-hydrogen) atoms. The van der Waals surface area contributed by atoms with E-state index in [-0.39, 0.29) is 16.2 Å². The molecule has 2 atom stereocenters. The molecule has 1 aromatic heterocycles. The summed E-state index contributed by atoms with van der Waals surface area (Å²) in [5.41, 5.74) is 0. The van der Waals surface area contributed by atoms with E-state index in [2.05, 4.69) is 35.9 Å². The number of aliphatic carboxylic acids is 1. The molecule has 0 saturated carbocycles. The van der Waals surface area contributed by atoms with Crippen molar-refractivity contribution in [3.8, 4) is 0 Å². The van der Waals surface area contributed by atoms with E-state index in [0.717, 1.165) is 37.3 Å². The van der Waals surface area contributed by atoms with Crippen molar-refractivity contribution in [2.45, 2.75) is 36.5 Å². The normalized spacial score (nSPS) is 16.2. The molecule has 0 bridgehead atoms. The molecule has 0 aliphatic carbocycles. The number of hydrogen-bond acceptors (Lipinski definition) is 10. The number of carbonyl (C=O) groups is 2. The van der Waals surface area contributed by atoms with Crippen LogP contribution in [0.3, 0.4) is 0 Å². The van der Waals surface area contributed by atoms with E-state index < -0.39 is 34.5 Å². The van der Waals surface area contributed by atoms with Crippen molar-refractivity contribution in [1.29, 1.82) is 0 Å². The Hall–Kier alpha value is -3.30. The van der Waals surface area contributed by atoms with Gasteiger partial charge in [0.25, 0.3) is 5.91 Å². The summed E-state index contributed by atoms with van der Waals surface area (Å²) in [6, 6.07) is 10.1. The Morgan fingerprint density at radius 3 is 2.73 bits per heavy atom. The van der Waals surface area contributed by atoms with Gasteiger partial charge >= 0.3 is 5.97 Å². The molecular weight excluding hydrogens is 518 g/mol. The lowest BCUT2D eigenvalue weighted by Gasteiger charge is -2.16. The van der Waals surface area contributed by atoms with E-state index >= 15 is 0 Å². The molecule has 2 aromatic carbocycles. The number of benzene rings is 2. The van der Waals surface area contributed by atoms with Crippen LogP contribution < -0.4 is 20.7 Å². The number of amides is 1. The third-order valence-corrected chi connectivity index (χ3v) is 8.09. The molecule has 1 aliphatic heterocycles. The smallest absolute Gasteiger partial charge is 0.323 e. The second-order valence-corrected chi connectivity index (χ2v) is 11.0. The first kappa shape index (κ1) is 26.8. The number of hydrogen-bond donors (Lipinski definition) is 5. The zero-order chi connectivity index (χ0) is 26.3. The number of aromatic nitrogens is 2. The van der Waals surface area contributed by atoms with Crippen LogP contribution in [-0.4, -0.2) is 73.8 Å². The Morgan fingerprint density at radius 1 is 1.14 bits per heavy atom. The number of aryl methyl sites for hydroxylation is 1. The zero-order valence-corrected chi connectivity index (χ0v) is 21.4. The molecule has 196 valence electrons. The largest absolute Gasteiger partial charge is 0.480 e. The van der Waals surface area contributed by atoms with Crippen molar-refractivity contribution in [1.82, 2.24) is 30.9 Å². The van der Waals surface area contributed by atoms with E-state index in [1.165, 1.54) is 6.07 Å². The van der Waals surface area contributed by atoms with E-state index in [4.69, 9.17) is 0 Å². The van der Waals surface area contributed by atoms with Crippen molar-refractivity contribution in [3.05, 3.63) is 52.5 Å². The summed E-state index contributed by atoms with van der Waals surface area (Å²) in [4.78, 5) is 28.4. The fraction of sp³-hybridized carbons (Fsp3) is 0.348. The van der Waals surface area contributed by atoms with E-state index in [1.807, 2.05) is 6.21 Å². The van der Waals surface area contributed by atoms with Crippen molar-refractivity contribution >= 4 is 50.2 Å². The molecule has 1 amide bonds. The second-order valence-electron chi connectivity index (χ2n) is 8.25. The summed E-state index contributed by atoms with van der Waals surface area (Å²) in [5.74, 6) is -2.04. The summed E-state index contributed by atoms with van der Waals surface area (Å²) in [6.45, 7) is 1.08. The molecule has 0 radical (unpaired) electrons. The van der Waals surface area contributed by atoms with Crippen LogP contribution in [0.15, 0.2) is 52.4 Å². The maximum Gasteiger partial charge on any atom is 0.323 e. The maximum absolute atomic E-state index is 13.0. The monoisotopic (exact) mass is 545 g/mol. The van der Waals surface area contributed by atoms with E-state index in [0.29, 0.717) is 22.2 Å². The van der Waals surface area contributed by atoms with Gasteiger partial charge in [-0.1, -0.05) is 47.7 Å². The first-order valence-corrected chi connectivity index (χ1v) is 14.0. The predicted molar refractivity (Wildman–Crippen MR) is 139 cm³/mol. The van der Waals surface area contributed by atoms with Crippen LogP contribution in [0.2, 0.25) is 0 Å². The molecule has 3 aromatic rings. The van der Waals surface area contributed by atoms with Gasteiger partial charge in [-0.05, 0) is 30.8 Å².